The molecule has 35 heavy (non-hydrogen) atoms. The average Bonchev–Trinajstić information content (AvgIpc) is 3.59. The van der Waals surface area contributed by atoms with Gasteiger partial charge in [0.15, 0.2) is 0 Å². The zero-order valence-electron chi connectivity index (χ0n) is 19.9. The fourth-order valence-electron chi connectivity index (χ4n) is 4.43. The number of anilines is 1. The fourth-order valence-corrected chi connectivity index (χ4v) is 4.98. The van der Waals surface area contributed by atoms with E-state index in [-0.39, 0.29) is 5.91 Å². The second-order valence-corrected chi connectivity index (χ2v) is 9.17. The third-order valence-corrected chi connectivity index (χ3v) is 6.93. The van der Waals surface area contributed by atoms with Gasteiger partial charge in [0, 0.05) is 73.4 Å². The molecule has 2 aromatic heterocycles. The summed E-state index contributed by atoms with van der Waals surface area (Å²) in [6, 6.07) is 16.0. The van der Waals surface area contributed by atoms with E-state index in [0.29, 0.717) is 19.6 Å². The highest BCUT2D eigenvalue weighted by molar-refractivity contribution is 7.07. The first-order valence-corrected chi connectivity index (χ1v) is 12.5. The maximum absolute atomic E-state index is 13.7. The lowest BCUT2D eigenvalue weighted by Crippen LogP contribution is -2.48. The number of nitrogens with zero attached hydrogens (tertiary/aromatic N) is 4. The molecular formula is C27H28N4O3S. The van der Waals surface area contributed by atoms with Crippen molar-refractivity contribution in [3.05, 3.63) is 83.1 Å². The summed E-state index contributed by atoms with van der Waals surface area (Å²) in [5.74, 6) is 1.57. The molecule has 0 radical (unpaired) electrons. The predicted octanol–water partition coefficient (Wildman–Crippen LogP) is 4.64. The van der Waals surface area contributed by atoms with Gasteiger partial charge in [-0.1, -0.05) is 30.3 Å². The molecule has 1 aliphatic heterocycles. The SMILES string of the molecule is COc1cc(OC)cc(N2CCN(C(=O)c3cn(Cc4cscn4)cc3-c3ccccc3)CC2)c1. The van der Waals surface area contributed by atoms with Crippen LogP contribution in [0.3, 0.4) is 0 Å². The van der Waals surface area contributed by atoms with Gasteiger partial charge in [-0.3, -0.25) is 4.79 Å². The lowest BCUT2D eigenvalue weighted by molar-refractivity contribution is 0.0747. The van der Waals surface area contributed by atoms with Crippen LogP contribution in [0.15, 0.2) is 71.8 Å². The number of thiazole rings is 1. The number of carbonyl (C=O) groups excluding carboxylic acids is 1. The van der Waals surface area contributed by atoms with Gasteiger partial charge in [0.05, 0.1) is 37.5 Å². The van der Waals surface area contributed by atoms with Crippen molar-refractivity contribution in [3.63, 3.8) is 0 Å². The highest BCUT2D eigenvalue weighted by atomic mass is 32.1. The summed E-state index contributed by atoms with van der Waals surface area (Å²) in [5.41, 5.74) is 6.57. The summed E-state index contributed by atoms with van der Waals surface area (Å²) in [4.78, 5) is 22.3. The fraction of sp³-hybridized carbons (Fsp3) is 0.259. The van der Waals surface area contributed by atoms with Gasteiger partial charge >= 0.3 is 0 Å². The van der Waals surface area contributed by atoms with Gasteiger partial charge in [0.1, 0.15) is 11.5 Å². The summed E-state index contributed by atoms with van der Waals surface area (Å²) in [5, 5.41) is 2.04. The van der Waals surface area contributed by atoms with E-state index >= 15 is 0 Å². The number of benzene rings is 2. The number of amides is 1. The Labute approximate surface area is 209 Å². The summed E-state index contributed by atoms with van der Waals surface area (Å²) in [6.07, 6.45) is 4.02. The molecule has 0 N–H and O–H groups in total. The maximum Gasteiger partial charge on any atom is 0.256 e. The van der Waals surface area contributed by atoms with Gasteiger partial charge in [0.25, 0.3) is 5.91 Å². The molecule has 1 aliphatic rings. The van der Waals surface area contributed by atoms with Crippen molar-refractivity contribution in [3.8, 4) is 22.6 Å². The Balaban J connectivity index is 1.35. The van der Waals surface area contributed by atoms with Crippen molar-refractivity contribution in [2.45, 2.75) is 6.54 Å². The number of methoxy groups -OCH3 is 2. The first-order chi connectivity index (χ1) is 17.1. The van der Waals surface area contributed by atoms with E-state index in [1.165, 1.54) is 0 Å². The first kappa shape index (κ1) is 23.0. The van der Waals surface area contributed by atoms with Gasteiger partial charge in [0.2, 0.25) is 0 Å². The summed E-state index contributed by atoms with van der Waals surface area (Å²) >= 11 is 1.58. The Morgan fingerprint density at radius 2 is 1.69 bits per heavy atom. The topological polar surface area (TPSA) is 59.8 Å². The molecule has 1 saturated heterocycles. The molecule has 0 bridgehead atoms. The number of ether oxygens (including phenoxy) is 2. The van der Waals surface area contributed by atoms with Crippen molar-refractivity contribution in [2.24, 2.45) is 0 Å². The van der Waals surface area contributed by atoms with Crippen molar-refractivity contribution in [1.82, 2.24) is 14.5 Å². The molecule has 1 amide bonds. The molecule has 0 spiro atoms. The third kappa shape index (κ3) is 5.02. The zero-order valence-corrected chi connectivity index (χ0v) is 20.7. The van der Waals surface area contributed by atoms with Gasteiger partial charge in [-0.25, -0.2) is 4.98 Å². The summed E-state index contributed by atoms with van der Waals surface area (Å²) in [6.45, 7) is 3.40. The minimum absolute atomic E-state index is 0.0590. The first-order valence-electron chi connectivity index (χ1n) is 11.5. The second kappa shape index (κ2) is 10.2. The largest absolute Gasteiger partial charge is 0.497 e. The molecule has 1 fully saturated rings. The molecule has 8 heteroatoms. The van der Waals surface area contributed by atoms with E-state index in [0.717, 1.165) is 52.7 Å². The van der Waals surface area contributed by atoms with Crippen LogP contribution in [-0.2, 0) is 6.54 Å². The van der Waals surface area contributed by atoms with E-state index in [1.807, 2.05) is 70.5 Å². The highest BCUT2D eigenvalue weighted by Crippen LogP contribution is 2.30. The Morgan fingerprint density at radius 3 is 2.31 bits per heavy atom. The molecule has 3 heterocycles. The van der Waals surface area contributed by atoms with E-state index < -0.39 is 0 Å². The number of hydrogen-bond donors (Lipinski definition) is 0. The van der Waals surface area contributed by atoms with Crippen LogP contribution in [0.1, 0.15) is 16.1 Å². The van der Waals surface area contributed by atoms with Crippen LogP contribution in [0.2, 0.25) is 0 Å². The van der Waals surface area contributed by atoms with Crippen molar-refractivity contribution >= 4 is 22.9 Å². The van der Waals surface area contributed by atoms with E-state index in [9.17, 15) is 4.79 Å². The molecule has 4 aromatic rings. The van der Waals surface area contributed by atoms with E-state index in [1.54, 1.807) is 25.6 Å². The quantitative estimate of drug-likeness (QED) is 0.379. The minimum atomic E-state index is 0.0590. The molecule has 2 aromatic carbocycles. The van der Waals surface area contributed by atoms with Gasteiger partial charge in [-0.05, 0) is 5.56 Å². The van der Waals surface area contributed by atoms with Crippen molar-refractivity contribution in [1.29, 1.82) is 0 Å². The third-order valence-electron chi connectivity index (χ3n) is 6.29. The van der Waals surface area contributed by atoms with Gasteiger partial charge in [-0.2, -0.15) is 0 Å². The van der Waals surface area contributed by atoms with Crippen LogP contribution in [-0.4, -0.2) is 60.8 Å². The maximum atomic E-state index is 13.7. The van der Waals surface area contributed by atoms with Crippen LogP contribution in [0.5, 0.6) is 11.5 Å². The van der Waals surface area contributed by atoms with Crippen LogP contribution in [0, 0.1) is 0 Å². The predicted molar refractivity (Wildman–Crippen MR) is 139 cm³/mol. The Bertz CT molecular complexity index is 1260. The zero-order chi connectivity index (χ0) is 24.2. The lowest BCUT2D eigenvalue weighted by Gasteiger charge is -2.36. The van der Waals surface area contributed by atoms with Gasteiger partial charge in [-0.15, -0.1) is 11.3 Å². The molecule has 0 unspecified atom stereocenters. The monoisotopic (exact) mass is 488 g/mol. The molecule has 7 nitrogen and oxygen atoms in total. The number of rotatable bonds is 7. The number of hydrogen-bond acceptors (Lipinski definition) is 6. The molecule has 180 valence electrons. The Hall–Kier alpha value is -3.78. The minimum Gasteiger partial charge on any atom is -0.497 e. The Morgan fingerprint density at radius 1 is 0.971 bits per heavy atom. The molecular weight excluding hydrogens is 460 g/mol. The van der Waals surface area contributed by atoms with Crippen LogP contribution < -0.4 is 14.4 Å². The van der Waals surface area contributed by atoms with Crippen LogP contribution >= 0.6 is 11.3 Å². The van der Waals surface area contributed by atoms with Crippen LogP contribution in [0.4, 0.5) is 5.69 Å². The summed E-state index contributed by atoms with van der Waals surface area (Å²) in [7, 11) is 3.31. The van der Waals surface area contributed by atoms with E-state index in [2.05, 4.69) is 20.6 Å². The average molecular weight is 489 g/mol. The highest BCUT2D eigenvalue weighted by Gasteiger charge is 2.26. The van der Waals surface area contributed by atoms with Crippen LogP contribution in [0.25, 0.3) is 11.1 Å². The smallest absolute Gasteiger partial charge is 0.256 e. The number of aromatic nitrogens is 2. The molecule has 0 saturated carbocycles. The van der Waals surface area contributed by atoms with E-state index in [4.69, 9.17) is 9.47 Å². The van der Waals surface area contributed by atoms with Crippen molar-refractivity contribution < 1.29 is 14.3 Å². The lowest BCUT2D eigenvalue weighted by atomic mass is 10.0. The van der Waals surface area contributed by atoms with Gasteiger partial charge < -0.3 is 23.8 Å². The standard InChI is InChI=1S/C27H28N4O3S/c1-33-23-12-22(13-24(14-23)34-2)30-8-10-31(11-9-30)27(32)26-17-29(15-21-18-35-19-28-21)16-25(26)20-6-4-3-5-7-20/h3-7,12-14,16-19H,8-11,15H2,1-2H3. The molecule has 0 aliphatic carbocycles. The van der Waals surface area contributed by atoms with Crippen molar-refractivity contribution in [2.75, 3.05) is 45.3 Å². The Kier molecular flexibility index (Phi) is 6.72. The number of carbonyl (C=O) groups is 1. The molecule has 0 atom stereocenters. The normalized spacial score (nSPS) is 13.7. The second-order valence-electron chi connectivity index (χ2n) is 8.45. The number of piperazine rings is 1. The summed E-state index contributed by atoms with van der Waals surface area (Å²) < 4.78 is 12.9. The molecule has 5 rings (SSSR count).